The first-order valence-electron chi connectivity index (χ1n) is 6.54. The molecule has 1 rings (SSSR count). The van der Waals surface area contributed by atoms with Crippen LogP contribution in [0.15, 0.2) is 24.3 Å². The molecular formula is C14H20F3NO2. The molecule has 20 heavy (non-hydrogen) atoms. The van der Waals surface area contributed by atoms with Gasteiger partial charge in [0.15, 0.2) is 0 Å². The fourth-order valence-electron chi connectivity index (χ4n) is 1.77. The van der Waals surface area contributed by atoms with Gasteiger partial charge in [-0.25, -0.2) is 0 Å². The Morgan fingerprint density at radius 1 is 1.15 bits per heavy atom. The summed E-state index contributed by atoms with van der Waals surface area (Å²) in [5.74, 6) is 0. The number of benzene rings is 1. The molecule has 0 saturated heterocycles. The van der Waals surface area contributed by atoms with Crippen LogP contribution >= 0.6 is 0 Å². The van der Waals surface area contributed by atoms with Gasteiger partial charge >= 0.3 is 6.18 Å². The maximum absolute atomic E-state index is 12.4. The molecule has 0 aromatic heterocycles. The van der Waals surface area contributed by atoms with Gasteiger partial charge in [-0.2, -0.15) is 13.2 Å². The monoisotopic (exact) mass is 291 g/mol. The van der Waals surface area contributed by atoms with E-state index in [4.69, 9.17) is 5.11 Å². The van der Waals surface area contributed by atoms with Crippen molar-refractivity contribution < 1.29 is 23.4 Å². The van der Waals surface area contributed by atoms with Crippen molar-refractivity contribution in [2.24, 2.45) is 0 Å². The first-order chi connectivity index (χ1) is 9.30. The lowest BCUT2D eigenvalue weighted by atomic mass is 10.1. The van der Waals surface area contributed by atoms with E-state index in [1.807, 2.05) is 0 Å². The Morgan fingerprint density at radius 2 is 1.75 bits per heavy atom. The van der Waals surface area contributed by atoms with Crippen molar-refractivity contribution in [3.63, 3.8) is 0 Å². The van der Waals surface area contributed by atoms with E-state index in [9.17, 15) is 18.3 Å². The highest BCUT2D eigenvalue weighted by Gasteiger charge is 2.30. The molecule has 2 atom stereocenters. The van der Waals surface area contributed by atoms with E-state index >= 15 is 0 Å². The van der Waals surface area contributed by atoms with Crippen LogP contribution in [0.5, 0.6) is 0 Å². The molecule has 1 aromatic carbocycles. The van der Waals surface area contributed by atoms with Crippen LogP contribution in [-0.2, 0) is 6.18 Å². The summed E-state index contributed by atoms with van der Waals surface area (Å²) in [6.07, 6.45) is -4.11. The van der Waals surface area contributed by atoms with Gasteiger partial charge in [0.05, 0.1) is 17.8 Å². The van der Waals surface area contributed by atoms with Gasteiger partial charge in [0.25, 0.3) is 0 Å². The Labute approximate surface area is 116 Å². The van der Waals surface area contributed by atoms with Crippen molar-refractivity contribution in [2.75, 3.05) is 13.1 Å². The number of halogens is 3. The quantitative estimate of drug-likeness (QED) is 0.677. The van der Waals surface area contributed by atoms with Gasteiger partial charge in [-0.1, -0.05) is 12.1 Å². The fourth-order valence-corrected chi connectivity index (χ4v) is 1.77. The summed E-state index contributed by atoms with van der Waals surface area (Å²) in [7, 11) is 0. The summed E-state index contributed by atoms with van der Waals surface area (Å²) in [5.41, 5.74) is -0.278. The van der Waals surface area contributed by atoms with Crippen molar-refractivity contribution in [2.45, 2.75) is 38.1 Å². The largest absolute Gasteiger partial charge is 0.416 e. The average molecular weight is 291 g/mol. The van der Waals surface area contributed by atoms with Crippen molar-refractivity contribution in [1.82, 2.24) is 5.32 Å². The second kappa shape index (κ2) is 7.61. The van der Waals surface area contributed by atoms with E-state index in [0.717, 1.165) is 18.6 Å². The Hall–Kier alpha value is -1.11. The molecule has 0 aliphatic heterocycles. The maximum atomic E-state index is 12.4. The first-order valence-corrected chi connectivity index (χ1v) is 6.54. The molecule has 1 aromatic rings. The van der Waals surface area contributed by atoms with Crippen molar-refractivity contribution >= 4 is 0 Å². The van der Waals surface area contributed by atoms with E-state index in [1.165, 1.54) is 12.1 Å². The fraction of sp³-hybridized carbons (Fsp3) is 0.571. The number of rotatable bonds is 7. The van der Waals surface area contributed by atoms with E-state index in [0.29, 0.717) is 18.5 Å². The topological polar surface area (TPSA) is 52.5 Å². The number of hydrogen-bond donors (Lipinski definition) is 3. The normalized spacial score (nSPS) is 15.1. The third-order valence-electron chi connectivity index (χ3n) is 2.94. The SMILES string of the molecule is CC(O)CCCNCC(O)c1ccc(C(F)(F)F)cc1. The Kier molecular flexibility index (Phi) is 6.45. The van der Waals surface area contributed by atoms with Crippen LogP contribution in [-0.4, -0.2) is 29.4 Å². The number of nitrogens with one attached hydrogen (secondary N) is 1. The number of aliphatic hydroxyl groups excluding tert-OH is 2. The second-order valence-corrected chi connectivity index (χ2v) is 4.83. The smallest absolute Gasteiger partial charge is 0.393 e. The van der Waals surface area contributed by atoms with E-state index < -0.39 is 17.8 Å². The summed E-state index contributed by atoms with van der Waals surface area (Å²) >= 11 is 0. The molecule has 0 saturated carbocycles. The zero-order valence-corrected chi connectivity index (χ0v) is 11.3. The number of hydrogen-bond acceptors (Lipinski definition) is 3. The molecule has 0 amide bonds. The highest BCUT2D eigenvalue weighted by Crippen LogP contribution is 2.29. The summed E-state index contributed by atoms with van der Waals surface area (Å²) < 4.78 is 37.1. The van der Waals surface area contributed by atoms with E-state index in [-0.39, 0.29) is 12.6 Å². The standard InChI is InChI=1S/C14H20F3NO2/c1-10(19)3-2-8-18-9-13(20)11-4-6-12(7-5-11)14(15,16)17/h4-7,10,13,18-20H,2-3,8-9H2,1H3. The van der Waals surface area contributed by atoms with Crippen molar-refractivity contribution in [3.05, 3.63) is 35.4 Å². The molecule has 114 valence electrons. The third kappa shape index (κ3) is 5.90. The number of alkyl halides is 3. The zero-order valence-electron chi connectivity index (χ0n) is 11.3. The van der Waals surface area contributed by atoms with Gasteiger partial charge in [0, 0.05) is 6.54 Å². The minimum Gasteiger partial charge on any atom is -0.393 e. The van der Waals surface area contributed by atoms with Gasteiger partial charge < -0.3 is 15.5 Å². The molecule has 6 heteroatoms. The molecule has 0 aliphatic carbocycles. The zero-order chi connectivity index (χ0) is 15.2. The first kappa shape index (κ1) is 16.9. The molecular weight excluding hydrogens is 271 g/mol. The predicted molar refractivity (Wildman–Crippen MR) is 70.2 cm³/mol. The lowest BCUT2D eigenvalue weighted by Gasteiger charge is -2.14. The van der Waals surface area contributed by atoms with Gasteiger partial charge in [-0.05, 0) is 44.0 Å². The van der Waals surface area contributed by atoms with Crippen LogP contribution in [0.3, 0.4) is 0 Å². The van der Waals surface area contributed by atoms with Gasteiger partial charge in [0.2, 0.25) is 0 Å². The van der Waals surface area contributed by atoms with Crippen molar-refractivity contribution in [3.8, 4) is 0 Å². The van der Waals surface area contributed by atoms with Crippen LogP contribution < -0.4 is 5.32 Å². The Balaban J connectivity index is 2.38. The molecule has 2 unspecified atom stereocenters. The molecule has 0 aliphatic rings. The molecule has 0 spiro atoms. The van der Waals surface area contributed by atoms with Gasteiger partial charge in [-0.3, -0.25) is 0 Å². The summed E-state index contributed by atoms with van der Waals surface area (Å²) in [5, 5.41) is 21.9. The van der Waals surface area contributed by atoms with E-state index in [2.05, 4.69) is 5.32 Å². The maximum Gasteiger partial charge on any atom is 0.416 e. The highest BCUT2D eigenvalue weighted by atomic mass is 19.4. The lowest BCUT2D eigenvalue weighted by Crippen LogP contribution is -2.23. The summed E-state index contributed by atoms with van der Waals surface area (Å²) in [6.45, 7) is 2.62. The Morgan fingerprint density at radius 3 is 2.25 bits per heavy atom. The average Bonchev–Trinajstić information content (AvgIpc) is 2.37. The van der Waals surface area contributed by atoms with Crippen LogP contribution in [0.1, 0.15) is 37.0 Å². The molecule has 0 bridgehead atoms. The Bertz CT molecular complexity index is 390. The van der Waals surface area contributed by atoms with E-state index in [1.54, 1.807) is 6.92 Å². The molecule has 0 radical (unpaired) electrons. The summed E-state index contributed by atoms with van der Waals surface area (Å²) in [4.78, 5) is 0. The molecule has 0 fully saturated rings. The summed E-state index contributed by atoms with van der Waals surface area (Å²) in [6, 6.07) is 4.49. The van der Waals surface area contributed by atoms with Crippen molar-refractivity contribution in [1.29, 1.82) is 0 Å². The minimum atomic E-state index is -4.36. The van der Waals surface area contributed by atoms with Crippen LogP contribution in [0, 0.1) is 0 Å². The third-order valence-corrected chi connectivity index (χ3v) is 2.94. The number of aliphatic hydroxyl groups is 2. The second-order valence-electron chi connectivity index (χ2n) is 4.83. The molecule has 3 nitrogen and oxygen atoms in total. The minimum absolute atomic E-state index is 0.269. The molecule has 0 heterocycles. The van der Waals surface area contributed by atoms with Gasteiger partial charge in [0.1, 0.15) is 0 Å². The van der Waals surface area contributed by atoms with Crippen LogP contribution in [0.2, 0.25) is 0 Å². The van der Waals surface area contributed by atoms with Crippen LogP contribution in [0.4, 0.5) is 13.2 Å². The highest BCUT2D eigenvalue weighted by molar-refractivity contribution is 5.26. The van der Waals surface area contributed by atoms with Crippen LogP contribution in [0.25, 0.3) is 0 Å². The lowest BCUT2D eigenvalue weighted by molar-refractivity contribution is -0.137. The van der Waals surface area contributed by atoms with Gasteiger partial charge in [-0.15, -0.1) is 0 Å². The molecule has 3 N–H and O–H groups in total. The predicted octanol–water partition coefficient (Wildman–Crippen LogP) is 2.49.